The highest BCUT2D eigenvalue weighted by Gasteiger charge is 2.13. The van der Waals surface area contributed by atoms with Crippen molar-refractivity contribution in [3.63, 3.8) is 0 Å². The molecule has 0 aliphatic heterocycles. The second kappa shape index (κ2) is 13.5. The van der Waals surface area contributed by atoms with Crippen LogP contribution in [0, 0.1) is 51.9 Å². The molecule has 0 spiro atoms. The molecule has 0 aliphatic rings. The molecule has 22 heavy (non-hydrogen) atoms. The van der Waals surface area contributed by atoms with Crippen molar-refractivity contribution in [3.05, 3.63) is 29.1 Å². The molecule has 0 unspecified atom stereocenters. The van der Waals surface area contributed by atoms with Crippen LogP contribution in [0.25, 0.3) is 0 Å². The first-order chi connectivity index (χ1) is 10.4. The van der Waals surface area contributed by atoms with E-state index in [9.17, 15) is 0 Å². The molecule has 1 rings (SSSR count). The van der Waals surface area contributed by atoms with Crippen LogP contribution >= 0.6 is 0 Å². The molecular weight excluding hydrogens is 276 g/mol. The van der Waals surface area contributed by atoms with E-state index in [0.717, 1.165) is 18.8 Å². The zero-order valence-corrected chi connectivity index (χ0v) is 14.0. The maximum atomic E-state index is 7.50. The molecule has 1 aromatic rings. The average Bonchev–Trinajstić information content (AvgIpc) is 2.93. The van der Waals surface area contributed by atoms with Gasteiger partial charge in [0, 0.05) is 10.8 Å². The third kappa shape index (κ3) is 15.6. The van der Waals surface area contributed by atoms with E-state index in [0.29, 0.717) is 5.41 Å². The molecule has 124 valence electrons. The summed E-state index contributed by atoms with van der Waals surface area (Å²) >= 11 is 0. The van der Waals surface area contributed by atoms with Crippen molar-refractivity contribution in [2.45, 2.75) is 34.2 Å². The molecule has 0 fully saturated rings. The minimum Gasteiger partial charge on any atom is -0.468 e. The van der Waals surface area contributed by atoms with E-state index in [4.69, 9.17) is 15.7 Å². The topological polar surface area (TPSA) is 57.3 Å². The summed E-state index contributed by atoms with van der Waals surface area (Å²) in [6, 6.07) is 3.94. The number of nitroso groups, excluding NO2 is 1. The highest BCUT2D eigenvalue weighted by molar-refractivity contribution is 5.33. The molecule has 4 nitrogen and oxygen atoms in total. The van der Waals surface area contributed by atoms with Crippen molar-refractivity contribution in [2.24, 2.45) is 5.41 Å². The van der Waals surface area contributed by atoms with Crippen molar-refractivity contribution >= 4 is 0 Å². The summed E-state index contributed by atoms with van der Waals surface area (Å²) in [6.07, 6.45) is 6.50. The van der Waals surface area contributed by atoms with Gasteiger partial charge < -0.3 is 4.42 Å². The lowest BCUT2D eigenvalue weighted by Crippen LogP contribution is -2.28. The average molecular weight is 306 g/mol. The number of furan rings is 1. The van der Waals surface area contributed by atoms with Crippen molar-refractivity contribution in [1.29, 1.82) is 5.59 Å². The Labute approximate surface area is 138 Å². The first-order valence-corrected chi connectivity index (χ1v) is 6.67. The summed E-state index contributed by atoms with van der Waals surface area (Å²) in [5, 5.41) is 0. The van der Waals surface area contributed by atoms with Gasteiger partial charge in [-0.1, -0.05) is 32.3 Å². The van der Waals surface area contributed by atoms with Crippen LogP contribution in [0.3, 0.4) is 0 Å². The third-order valence-electron chi connectivity index (χ3n) is 2.07. The number of hydrogen-bond donors (Lipinski definition) is 1. The van der Waals surface area contributed by atoms with Gasteiger partial charge in [-0.15, -0.1) is 6.42 Å². The van der Waals surface area contributed by atoms with Gasteiger partial charge in [0.1, 0.15) is 5.76 Å². The number of terminal acetylenes is 1. The van der Waals surface area contributed by atoms with Gasteiger partial charge in [-0.25, -0.2) is 0 Å². The van der Waals surface area contributed by atoms with Crippen LogP contribution in [0.5, 0.6) is 0 Å². The molecule has 0 bridgehead atoms. The van der Waals surface area contributed by atoms with Gasteiger partial charge in [0.25, 0.3) is 0 Å². The van der Waals surface area contributed by atoms with Gasteiger partial charge in [0.15, 0.2) is 0 Å². The summed E-state index contributed by atoms with van der Waals surface area (Å²) in [7, 11) is 2.12. The molecule has 1 N–H and O–H groups in total. The molecule has 0 amide bonds. The van der Waals surface area contributed by atoms with Crippen molar-refractivity contribution in [2.75, 3.05) is 13.6 Å². The second-order valence-electron chi connectivity index (χ2n) is 5.58. The molecule has 0 radical (unpaired) electrons. The first kappa shape index (κ1) is 21.8. The smallest absolute Gasteiger partial charge is 0.117 e. The van der Waals surface area contributed by atoms with Crippen LogP contribution in [0.15, 0.2) is 22.8 Å². The maximum absolute atomic E-state index is 7.50. The number of hydrogen-bond acceptors (Lipinski definition) is 4. The highest BCUT2D eigenvalue weighted by atomic mass is 16.3. The Morgan fingerprint density at radius 2 is 1.95 bits per heavy atom. The summed E-state index contributed by atoms with van der Waals surface area (Å²) in [5.41, 5.74) is 4.85. The van der Waals surface area contributed by atoms with Gasteiger partial charge in [0.2, 0.25) is 0 Å². The fourth-order valence-corrected chi connectivity index (χ4v) is 1.66. The van der Waals surface area contributed by atoms with Crippen LogP contribution in [-0.4, -0.2) is 18.5 Å². The number of nitrogens with zero attached hydrogens (tertiary/aromatic N) is 1. The largest absolute Gasteiger partial charge is 0.468 e. The number of nitrogens with one attached hydrogen (secondary N) is 1. The molecule has 4 heteroatoms. The van der Waals surface area contributed by atoms with Gasteiger partial charge >= 0.3 is 0 Å². The third-order valence-corrected chi connectivity index (χ3v) is 2.07. The van der Waals surface area contributed by atoms with Gasteiger partial charge in [0.05, 0.1) is 12.8 Å². The van der Waals surface area contributed by atoms with Crippen LogP contribution < -0.4 is 0 Å². The molecule has 1 aromatic heterocycles. The normalized spacial score (nSPS) is 8.59. The summed E-state index contributed by atoms with van der Waals surface area (Å²) in [5.74, 6) is 13.0. The van der Waals surface area contributed by atoms with Crippen LogP contribution in [0.1, 0.15) is 37.7 Å². The van der Waals surface area contributed by atoms with Crippen LogP contribution in [0.2, 0.25) is 0 Å². The van der Waals surface area contributed by atoms with E-state index in [-0.39, 0.29) is 4.28 Å². The van der Waals surface area contributed by atoms with E-state index < -0.39 is 0 Å². The van der Waals surface area contributed by atoms with Gasteiger partial charge in [-0.3, -0.25) is 4.90 Å². The minimum absolute atomic E-state index is 0. The zero-order chi connectivity index (χ0) is 17.4. The SMILES string of the molecule is C#CC#CC#CC.CN(Cc1ccco1)CC(C)(C)C.N=O.[HH].[HH].[HH]. The molecule has 1 heterocycles. The fourth-order valence-electron chi connectivity index (χ4n) is 1.66. The molecule has 0 aliphatic carbocycles. The molecule has 0 saturated carbocycles. The maximum Gasteiger partial charge on any atom is 0.117 e. The Morgan fingerprint density at radius 1 is 1.32 bits per heavy atom. The predicted molar refractivity (Wildman–Crippen MR) is 97.0 cm³/mol. The van der Waals surface area contributed by atoms with Gasteiger partial charge in [-0.05, 0) is 55.2 Å². The first-order valence-electron chi connectivity index (χ1n) is 6.67. The Kier molecular flexibility index (Phi) is 13.4. The van der Waals surface area contributed by atoms with Crippen LogP contribution in [-0.2, 0) is 6.54 Å². The lowest BCUT2D eigenvalue weighted by atomic mass is 9.96. The van der Waals surface area contributed by atoms with E-state index in [1.807, 2.05) is 12.1 Å². The molecule has 0 saturated heterocycles. The van der Waals surface area contributed by atoms with Gasteiger partial charge in [-0.2, -0.15) is 4.91 Å². The van der Waals surface area contributed by atoms with Crippen molar-refractivity contribution in [3.8, 4) is 36.0 Å². The second-order valence-corrected chi connectivity index (χ2v) is 5.58. The minimum atomic E-state index is 0. The Hall–Kier alpha value is -2.48. The van der Waals surface area contributed by atoms with Crippen molar-refractivity contribution < 1.29 is 8.70 Å². The zero-order valence-electron chi connectivity index (χ0n) is 14.0. The Bertz CT molecular complexity index is 554. The Balaban J connectivity index is -0.0000000973. The quantitative estimate of drug-likeness (QED) is 0.662. The molecule has 0 atom stereocenters. The van der Waals surface area contributed by atoms with Crippen molar-refractivity contribution in [1.82, 2.24) is 4.90 Å². The predicted octanol–water partition coefficient (Wildman–Crippen LogP) is 4.47. The molecular formula is C18H30N2O2. The number of rotatable bonds is 3. The highest BCUT2D eigenvalue weighted by Crippen LogP contribution is 2.15. The van der Waals surface area contributed by atoms with E-state index in [1.165, 1.54) is 0 Å². The lowest BCUT2D eigenvalue weighted by Gasteiger charge is -2.25. The lowest BCUT2D eigenvalue weighted by molar-refractivity contribution is 0.208. The Morgan fingerprint density at radius 3 is 2.36 bits per heavy atom. The van der Waals surface area contributed by atoms with E-state index in [1.54, 1.807) is 13.2 Å². The monoisotopic (exact) mass is 306 g/mol. The summed E-state index contributed by atoms with van der Waals surface area (Å²) in [4.78, 5) is 9.78. The van der Waals surface area contributed by atoms with E-state index in [2.05, 4.69) is 67.9 Å². The fraction of sp³-hybridized carbons (Fsp3) is 0.444. The molecule has 0 aromatic carbocycles. The van der Waals surface area contributed by atoms with E-state index >= 15 is 0 Å². The van der Waals surface area contributed by atoms with Crippen LogP contribution in [0.4, 0.5) is 0 Å². The summed E-state index contributed by atoms with van der Waals surface area (Å²) in [6.45, 7) is 10.4. The summed E-state index contributed by atoms with van der Waals surface area (Å²) < 4.78 is 5.28. The standard InChI is InChI=1S/C11H19NO.C7H4.HNO.3H2/c1-11(2,3)9-12(4)8-10-6-5-7-13-10;1-3-5-7-6-4-2;1-2;;;/h5-7H,8-9H2,1-4H3;1H,2H3;1H;3*1H.